The van der Waals surface area contributed by atoms with E-state index in [1.807, 2.05) is 31.2 Å². The van der Waals surface area contributed by atoms with Crippen molar-refractivity contribution in [3.63, 3.8) is 0 Å². The summed E-state index contributed by atoms with van der Waals surface area (Å²) in [5, 5.41) is 15.4. The summed E-state index contributed by atoms with van der Waals surface area (Å²) in [6, 6.07) is 19.8. The zero-order chi connectivity index (χ0) is 23.4. The molecule has 1 aliphatic rings. The van der Waals surface area contributed by atoms with Gasteiger partial charge in [0.05, 0.1) is 6.04 Å². The predicted octanol–water partition coefficient (Wildman–Crippen LogP) is 4.03. The van der Waals surface area contributed by atoms with Gasteiger partial charge < -0.3 is 15.7 Å². The van der Waals surface area contributed by atoms with Crippen molar-refractivity contribution in [1.29, 1.82) is 0 Å². The Morgan fingerprint density at radius 1 is 0.970 bits per heavy atom. The number of rotatable bonds is 6. The minimum atomic E-state index is -0.252. The lowest BCUT2D eigenvalue weighted by Crippen LogP contribution is -2.46. The average Bonchev–Trinajstić information content (AvgIpc) is 2.84. The van der Waals surface area contributed by atoms with Crippen molar-refractivity contribution in [2.24, 2.45) is 0 Å². The maximum absolute atomic E-state index is 12.7. The second-order valence-corrected chi connectivity index (χ2v) is 7.98. The topological polar surface area (TPSA) is 98.7 Å². The number of carbonyl (C=O) groups is 3. The Kier molecular flexibility index (Phi) is 6.40. The number of ketones is 1. The molecule has 1 fully saturated rings. The number of benzene rings is 3. The highest BCUT2D eigenvalue weighted by atomic mass is 16.3. The molecule has 0 bridgehead atoms. The van der Waals surface area contributed by atoms with Gasteiger partial charge in [0.25, 0.3) is 5.91 Å². The van der Waals surface area contributed by atoms with Crippen molar-refractivity contribution in [1.82, 2.24) is 10.6 Å². The standard InChI is InChI=1S/C26H25N3O4/c1-17(18-10-12-22(13-11-18)29-15-3-14-27-26(29)33)28-25(32)20-8-6-19(7-9-20)24(31)21-4-2-5-23(30)16-21/h2,4-13,16-17,30H,3,14-15H2,1H3,(H,27,33)(H,28,32). The van der Waals surface area contributed by atoms with Crippen molar-refractivity contribution < 1.29 is 19.5 Å². The summed E-state index contributed by atoms with van der Waals surface area (Å²) in [5.41, 5.74) is 2.99. The Labute approximate surface area is 192 Å². The Bertz CT molecular complexity index is 1170. The molecule has 1 saturated heterocycles. The highest BCUT2D eigenvalue weighted by Gasteiger charge is 2.19. The van der Waals surface area contributed by atoms with Crippen molar-refractivity contribution in [3.8, 4) is 5.75 Å². The van der Waals surface area contributed by atoms with Gasteiger partial charge in [-0.2, -0.15) is 0 Å². The molecule has 1 unspecified atom stereocenters. The lowest BCUT2D eigenvalue weighted by Gasteiger charge is -2.27. The molecule has 168 valence electrons. The van der Waals surface area contributed by atoms with Gasteiger partial charge in [-0.15, -0.1) is 0 Å². The fourth-order valence-electron chi connectivity index (χ4n) is 3.77. The minimum absolute atomic E-state index is 0.0260. The van der Waals surface area contributed by atoms with Gasteiger partial charge in [0, 0.05) is 35.5 Å². The molecule has 3 amide bonds. The van der Waals surface area contributed by atoms with Crippen LogP contribution in [0.3, 0.4) is 0 Å². The molecule has 33 heavy (non-hydrogen) atoms. The number of nitrogens with one attached hydrogen (secondary N) is 2. The third-order valence-corrected chi connectivity index (χ3v) is 5.65. The van der Waals surface area contributed by atoms with Crippen molar-refractivity contribution in [2.75, 3.05) is 18.0 Å². The van der Waals surface area contributed by atoms with Crippen LogP contribution in [0.25, 0.3) is 0 Å². The SMILES string of the molecule is CC(NC(=O)c1ccc(C(=O)c2cccc(O)c2)cc1)c1ccc(N2CCCNC2=O)cc1. The van der Waals surface area contributed by atoms with Gasteiger partial charge in [-0.05, 0) is 55.3 Å². The molecule has 4 rings (SSSR count). The number of aromatic hydroxyl groups is 1. The smallest absolute Gasteiger partial charge is 0.321 e. The summed E-state index contributed by atoms with van der Waals surface area (Å²) < 4.78 is 0. The zero-order valence-corrected chi connectivity index (χ0v) is 18.2. The van der Waals surface area contributed by atoms with Gasteiger partial charge in [0.1, 0.15) is 5.75 Å². The molecule has 7 nitrogen and oxygen atoms in total. The molecule has 3 aromatic rings. The van der Waals surface area contributed by atoms with Crippen LogP contribution in [0.2, 0.25) is 0 Å². The second kappa shape index (κ2) is 9.56. The van der Waals surface area contributed by atoms with E-state index in [4.69, 9.17) is 0 Å². The van der Waals surface area contributed by atoms with Gasteiger partial charge in [0.15, 0.2) is 5.78 Å². The fourth-order valence-corrected chi connectivity index (χ4v) is 3.77. The van der Waals surface area contributed by atoms with E-state index in [0.717, 1.165) is 17.7 Å². The van der Waals surface area contributed by atoms with Crippen LogP contribution in [0.15, 0.2) is 72.8 Å². The van der Waals surface area contributed by atoms with E-state index in [9.17, 15) is 19.5 Å². The maximum Gasteiger partial charge on any atom is 0.321 e. The normalized spacial score (nSPS) is 14.3. The number of urea groups is 1. The monoisotopic (exact) mass is 443 g/mol. The van der Waals surface area contributed by atoms with Crippen LogP contribution in [0.5, 0.6) is 5.75 Å². The molecule has 1 aliphatic heterocycles. The van der Waals surface area contributed by atoms with Crippen LogP contribution < -0.4 is 15.5 Å². The molecular formula is C26H25N3O4. The first-order valence-electron chi connectivity index (χ1n) is 10.8. The number of hydrogen-bond donors (Lipinski definition) is 3. The minimum Gasteiger partial charge on any atom is -0.508 e. The Morgan fingerprint density at radius 3 is 2.33 bits per heavy atom. The number of phenols is 1. The summed E-state index contributed by atoms with van der Waals surface area (Å²) in [6.07, 6.45) is 0.901. The maximum atomic E-state index is 12.7. The molecule has 1 heterocycles. The molecule has 3 N–H and O–H groups in total. The van der Waals surface area contributed by atoms with Crippen LogP contribution in [0.1, 0.15) is 51.2 Å². The Morgan fingerprint density at radius 2 is 1.67 bits per heavy atom. The highest BCUT2D eigenvalue weighted by molar-refractivity contribution is 6.09. The van der Waals surface area contributed by atoms with Gasteiger partial charge in [-0.25, -0.2) is 4.79 Å². The Hall–Kier alpha value is -4.13. The van der Waals surface area contributed by atoms with Gasteiger partial charge >= 0.3 is 6.03 Å². The third-order valence-electron chi connectivity index (χ3n) is 5.65. The van der Waals surface area contributed by atoms with E-state index in [-0.39, 0.29) is 29.5 Å². The summed E-state index contributed by atoms with van der Waals surface area (Å²) >= 11 is 0. The third kappa shape index (κ3) is 5.03. The quantitative estimate of drug-likeness (QED) is 0.501. The summed E-state index contributed by atoms with van der Waals surface area (Å²) in [5.74, 6) is -0.454. The summed E-state index contributed by atoms with van der Waals surface area (Å²) in [4.78, 5) is 39.0. The van der Waals surface area contributed by atoms with Crippen molar-refractivity contribution in [2.45, 2.75) is 19.4 Å². The van der Waals surface area contributed by atoms with Crippen LogP contribution in [-0.2, 0) is 0 Å². The summed E-state index contributed by atoms with van der Waals surface area (Å²) in [6.45, 7) is 3.27. The van der Waals surface area contributed by atoms with Crippen LogP contribution >= 0.6 is 0 Å². The first-order chi connectivity index (χ1) is 15.9. The summed E-state index contributed by atoms with van der Waals surface area (Å²) in [7, 11) is 0. The first kappa shape index (κ1) is 22.1. The molecule has 0 saturated carbocycles. The fraction of sp³-hybridized carbons (Fsp3) is 0.192. The number of amides is 3. The highest BCUT2D eigenvalue weighted by Crippen LogP contribution is 2.21. The second-order valence-electron chi connectivity index (χ2n) is 7.98. The zero-order valence-electron chi connectivity index (χ0n) is 18.2. The van der Waals surface area contributed by atoms with Gasteiger partial charge in [0.2, 0.25) is 0 Å². The van der Waals surface area contributed by atoms with E-state index >= 15 is 0 Å². The first-order valence-corrected chi connectivity index (χ1v) is 10.8. The van der Waals surface area contributed by atoms with E-state index in [2.05, 4.69) is 10.6 Å². The number of carbonyl (C=O) groups excluding carboxylic acids is 3. The molecule has 7 heteroatoms. The predicted molar refractivity (Wildman–Crippen MR) is 126 cm³/mol. The van der Waals surface area contributed by atoms with Crippen LogP contribution in [0, 0.1) is 0 Å². The van der Waals surface area contributed by atoms with E-state index < -0.39 is 0 Å². The van der Waals surface area contributed by atoms with E-state index in [1.54, 1.807) is 41.3 Å². The van der Waals surface area contributed by atoms with Gasteiger partial charge in [-0.3, -0.25) is 14.5 Å². The molecular weight excluding hydrogens is 418 g/mol. The molecule has 0 aromatic heterocycles. The average molecular weight is 444 g/mol. The largest absolute Gasteiger partial charge is 0.508 e. The molecule has 1 atom stereocenters. The van der Waals surface area contributed by atoms with Crippen LogP contribution in [-0.4, -0.2) is 35.9 Å². The van der Waals surface area contributed by atoms with Crippen LogP contribution in [0.4, 0.5) is 10.5 Å². The van der Waals surface area contributed by atoms with Gasteiger partial charge in [-0.1, -0.05) is 36.4 Å². The molecule has 3 aromatic carbocycles. The Balaban J connectivity index is 1.39. The number of phenolic OH excluding ortho intramolecular Hbond substituents is 1. The molecule has 0 spiro atoms. The molecule has 0 aliphatic carbocycles. The lowest BCUT2D eigenvalue weighted by molar-refractivity contribution is 0.0938. The van der Waals surface area contributed by atoms with Crippen molar-refractivity contribution >= 4 is 23.4 Å². The number of anilines is 1. The number of hydrogen-bond acceptors (Lipinski definition) is 4. The lowest BCUT2D eigenvalue weighted by atomic mass is 10.0. The van der Waals surface area contributed by atoms with E-state index in [0.29, 0.717) is 29.8 Å². The number of nitrogens with zero attached hydrogens (tertiary/aromatic N) is 1. The van der Waals surface area contributed by atoms with E-state index in [1.165, 1.54) is 12.1 Å². The molecule has 0 radical (unpaired) electrons. The van der Waals surface area contributed by atoms with Crippen molar-refractivity contribution in [3.05, 3.63) is 95.1 Å².